The summed E-state index contributed by atoms with van der Waals surface area (Å²) in [5, 5.41) is 30.1. The second-order valence-corrected chi connectivity index (χ2v) is 8.25. The van der Waals surface area contributed by atoms with Gasteiger partial charge < -0.3 is 63.2 Å². The average molecular weight is 426 g/mol. The number of carbonyl (C=O) groups excluding carboxylic acids is 2. The van der Waals surface area contributed by atoms with E-state index in [0.717, 1.165) is 0 Å². The lowest BCUT2D eigenvalue weighted by Gasteiger charge is -2.31. The fraction of sp³-hybridized carbons (Fsp3) is 0.375. The fourth-order valence-corrected chi connectivity index (χ4v) is 3.23. The molecule has 6 N–H and O–H groups in total. The molecule has 0 aliphatic carbocycles. The minimum absolute atomic E-state index is 0.0801. The molecule has 0 heterocycles. The van der Waals surface area contributed by atoms with Crippen molar-refractivity contribution in [3.8, 4) is 34.7 Å². The third-order valence-corrected chi connectivity index (χ3v) is 5.51. The SMILES string of the molecule is C#C[S-](#C)CC(N=NC(C[S-](#C)C#C)C(N)(C=O)C(=O)O)C(N)(C=O)C(=O)O. The van der Waals surface area contributed by atoms with Gasteiger partial charge in [0.2, 0.25) is 0 Å². The number of carbonyl (C=O) groups is 4. The Morgan fingerprint density at radius 1 is 0.929 bits per heavy atom. The van der Waals surface area contributed by atoms with Crippen LogP contribution in [0.5, 0.6) is 0 Å². The van der Waals surface area contributed by atoms with Crippen LogP contribution in [0.2, 0.25) is 0 Å². The van der Waals surface area contributed by atoms with Gasteiger partial charge in [-0.2, -0.15) is 10.2 Å². The molecule has 0 aromatic heterocycles. The summed E-state index contributed by atoms with van der Waals surface area (Å²) in [6.45, 7) is 0. The van der Waals surface area contributed by atoms with Gasteiger partial charge in [0.25, 0.3) is 0 Å². The van der Waals surface area contributed by atoms with Crippen LogP contribution in [-0.4, -0.2) is 69.4 Å². The molecule has 0 spiro atoms. The van der Waals surface area contributed by atoms with E-state index in [1.165, 1.54) is 0 Å². The number of nitrogens with two attached hydrogens (primary N) is 2. The summed E-state index contributed by atoms with van der Waals surface area (Å²) >= 11 is 0. The number of terminal acetylenes is 2. The number of azo groups is 1. The van der Waals surface area contributed by atoms with E-state index in [2.05, 4.69) is 20.7 Å². The van der Waals surface area contributed by atoms with Gasteiger partial charge in [0.15, 0.2) is 23.7 Å². The first-order chi connectivity index (χ1) is 12.9. The van der Waals surface area contributed by atoms with Crippen LogP contribution >= 0.6 is 0 Å². The molecule has 4 atom stereocenters. The minimum Gasteiger partial charge on any atom is -0.479 e. The Balaban J connectivity index is 6.32. The quantitative estimate of drug-likeness (QED) is 0.0990. The predicted octanol–water partition coefficient (Wildman–Crippen LogP) is -2.27. The third kappa shape index (κ3) is 5.84. The van der Waals surface area contributed by atoms with Gasteiger partial charge in [0, 0.05) is 0 Å². The zero-order chi connectivity index (χ0) is 22.1. The minimum atomic E-state index is -2.56. The molecule has 0 radical (unpaired) electrons. The second kappa shape index (κ2) is 10.5. The predicted molar refractivity (Wildman–Crippen MR) is 106 cm³/mol. The molecular weight excluding hydrogens is 408 g/mol. The molecule has 0 aliphatic heterocycles. The number of aliphatic carboxylic acids is 2. The highest BCUT2D eigenvalue weighted by atomic mass is 32.2. The van der Waals surface area contributed by atoms with E-state index in [-0.39, 0.29) is 24.1 Å². The first-order valence-corrected chi connectivity index (χ1v) is 10.0. The standard InChI is InChI=1S/C16H18N4O6S2/c1-5-27(3)7-11(15(17,9-21)13(23)24)19-20-12(8-28(4)6-2)16(18,10-22)14(25)26/h1-4,9-12H,7-8,17-18H2,(H,23,24)(H,25,26)/q-2. The number of hydrogen-bond acceptors (Lipinski definition) is 10. The Morgan fingerprint density at radius 3 is 1.39 bits per heavy atom. The molecule has 152 valence electrons. The Bertz CT molecular complexity index is 842. The number of aldehydes is 2. The summed E-state index contributed by atoms with van der Waals surface area (Å²) in [5.41, 5.74) is 17.3. The molecule has 10 nitrogen and oxygen atoms in total. The molecule has 0 aromatic rings. The van der Waals surface area contributed by atoms with Crippen LogP contribution in [0.15, 0.2) is 10.2 Å². The van der Waals surface area contributed by atoms with Crippen molar-refractivity contribution < 1.29 is 29.4 Å². The van der Waals surface area contributed by atoms with Crippen LogP contribution in [-0.2, 0) is 39.8 Å². The first-order valence-electron chi connectivity index (χ1n) is 7.13. The summed E-state index contributed by atoms with van der Waals surface area (Å²) in [4.78, 5) is 45.4. The van der Waals surface area contributed by atoms with Gasteiger partial charge in [-0.1, -0.05) is 11.5 Å². The van der Waals surface area contributed by atoms with Gasteiger partial charge in [-0.25, -0.2) is 20.1 Å². The number of carboxylic acids is 2. The molecule has 0 amide bonds. The van der Waals surface area contributed by atoms with E-state index >= 15 is 0 Å². The van der Waals surface area contributed by atoms with Crippen LogP contribution in [0, 0.1) is 34.7 Å². The highest BCUT2D eigenvalue weighted by Gasteiger charge is 2.44. The number of rotatable bonds is 10. The van der Waals surface area contributed by atoms with E-state index < -0.39 is 55.7 Å². The molecule has 0 aliphatic rings. The summed E-state index contributed by atoms with van der Waals surface area (Å²) in [6.07, 6.45) is 10.2. The maximum atomic E-state index is 11.4. The van der Waals surface area contributed by atoms with Crippen molar-refractivity contribution in [1.29, 1.82) is 0 Å². The molecule has 12 heteroatoms. The van der Waals surface area contributed by atoms with Crippen molar-refractivity contribution in [3.05, 3.63) is 0 Å². The third-order valence-electron chi connectivity index (χ3n) is 3.56. The van der Waals surface area contributed by atoms with Crippen molar-refractivity contribution in [2.45, 2.75) is 23.2 Å². The smallest absolute Gasteiger partial charge is 0.333 e. The van der Waals surface area contributed by atoms with Crippen molar-refractivity contribution in [1.82, 2.24) is 0 Å². The number of hydrogen-bond donors (Lipinski definition) is 4. The molecule has 0 aromatic carbocycles. The maximum absolute atomic E-state index is 11.4. The summed E-state index contributed by atoms with van der Waals surface area (Å²) < 4.78 is 0. The van der Waals surface area contributed by atoms with Crippen LogP contribution in [0.1, 0.15) is 0 Å². The topological polar surface area (TPSA) is 185 Å². The molecule has 0 saturated heterocycles. The molecule has 4 unspecified atom stereocenters. The van der Waals surface area contributed by atoms with Gasteiger partial charge in [0.1, 0.15) is 0 Å². The van der Waals surface area contributed by atoms with Crippen LogP contribution < -0.4 is 11.5 Å². The monoisotopic (exact) mass is 426 g/mol. The van der Waals surface area contributed by atoms with Gasteiger partial charge in [-0.3, -0.25) is 0 Å². The van der Waals surface area contributed by atoms with E-state index in [0.29, 0.717) is 0 Å². The van der Waals surface area contributed by atoms with E-state index in [4.69, 9.17) is 35.7 Å². The van der Waals surface area contributed by atoms with Crippen LogP contribution in [0.3, 0.4) is 0 Å². The molecule has 0 rings (SSSR count). The van der Waals surface area contributed by atoms with Gasteiger partial charge in [0.05, 0.1) is 12.1 Å². The van der Waals surface area contributed by atoms with E-state index in [1.807, 2.05) is 0 Å². The summed E-state index contributed by atoms with van der Waals surface area (Å²) in [6, 6.07) is -3.16. The Kier molecular flexibility index (Phi) is 9.44. The second-order valence-electron chi connectivity index (χ2n) is 5.40. The zero-order valence-corrected chi connectivity index (χ0v) is 16.1. The molecular formula is C16H18N4O6S2-2. The van der Waals surface area contributed by atoms with Crippen molar-refractivity contribution >= 4 is 45.1 Å². The fourth-order valence-electron chi connectivity index (χ4n) is 1.67. The first kappa shape index (κ1) is 25.2. The lowest BCUT2D eigenvalue weighted by atomic mass is 9.94. The van der Waals surface area contributed by atoms with Gasteiger partial charge in [-0.05, 0) is 0 Å². The van der Waals surface area contributed by atoms with Crippen LogP contribution in [0.25, 0.3) is 0 Å². The molecule has 0 saturated carbocycles. The van der Waals surface area contributed by atoms with Gasteiger partial charge >= 0.3 is 11.9 Å². The molecule has 28 heavy (non-hydrogen) atoms. The Morgan fingerprint density at radius 2 is 1.21 bits per heavy atom. The average Bonchev–Trinajstić information content (AvgIpc) is 2.67. The Labute approximate surface area is 165 Å². The van der Waals surface area contributed by atoms with Crippen molar-refractivity contribution in [2.75, 3.05) is 11.5 Å². The molecule has 0 fully saturated rings. The highest BCUT2D eigenvalue weighted by Crippen LogP contribution is 2.17. The van der Waals surface area contributed by atoms with E-state index in [1.54, 1.807) is 0 Å². The van der Waals surface area contributed by atoms with Crippen molar-refractivity contribution in [3.63, 3.8) is 0 Å². The zero-order valence-electron chi connectivity index (χ0n) is 14.4. The summed E-state index contributed by atoms with van der Waals surface area (Å²) in [5.74, 6) is -4.20. The van der Waals surface area contributed by atoms with Gasteiger partial charge in [-0.15, -0.1) is 12.8 Å². The largest absolute Gasteiger partial charge is 0.479 e. The summed E-state index contributed by atoms with van der Waals surface area (Å²) in [7, 11) is -2.66. The van der Waals surface area contributed by atoms with E-state index in [9.17, 15) is 29.4 Å². The maximum Gasteiger partial charge on any atom is 0.333 e. The van der Waals surface area contributed by atoms with Crippen LogP contribution in [0.4, 0.5) is 0 Å². The lowest BCUT2D eigenvalue weighted by molar-refractivity contribution is -0.147. The number of nitrogens with zero attached hydrogens (tertiary/aromatic N) is 2. The normalized spacial score (nSPS) is 17.6. The van der Waals surface area contributed by atoms with Crippen molar-refractivity contribution in [2.24, 2.45) is 21.7 Å². The highest BCUT2D eigenvalue weighted by molar-refractivity contribution is 7.91. The Hall–Kier alpha value is -2.82. The molecule has 0 bridgehead atoms. The number of carboxylic acid groups (broad SMARTS) is 2. The lowest BCUT2D eigenvalue weighted by Crippen LogP contribution is -2.61.